The number of carbonyl (C=O) groups excluding carboxylic acids is 3. The topological polar surface area (TPSA) is 78.9 Å². The van der Waals surface area contributed by atoms with E-state index in [4.69, 9.17) is 14.2 Å². The Balaban J connectivity index is 4.31. The number of allylic oxidation sites excluding steroid dienone is 28. The van der Waals surface area contributed by atoms with Gasteiger partial charge in [-0.15, -0.1) is 0 Å². The fourth-order valence-corrected chi connectivity index (χ4v) is 8.78. The SMILES string of the molecule is CC/C=C\C/C=C\C/C=C\C/C=C\C/C=C\C/C=C\C/C=C\CCCCCCCCCCCCCC(=O)OCC(COC(=O)CCCCC/C=C\C/C=C\C/C=C\CC)OC(=O)CCCCCCCC/C=C\C/C=C\C/C=C\C/C=C\CC. The van der Waals surface area contributed by atoms with Crippen molar-refractivity contribution in [2.45, 2.75) is 284 Å². The Morgan fingerprint density at radius 1 is 0.241 bits per heavy atom. The molecule has 0 radical (unpaired) electrons. The minimum atomic E-state index is -0.808. The molecule has 0 aliphatic carbocycles. The number of carbonyl (C=O) groups is 3. The average molecular weight is 1140 g/mol. The molecular formula is C77H122O6. The summed E-state index contributed by atoms with van der Waals surface area (Å²) in [6.45, 7) is 6.26. The summed E-state index contributed by atoms with van der Waals surface area (Å²) in [5, 5.41) is 0. The van der Waals surface area contributed by atoms with Crippen LogP contribution in [0.2, 0.25) is 0 Å². The van der Waals surface area contributed by atoms with Gasteiger partial charge >= 0.3 is 17.9 Å². The number of ether oxygens (including phenoxy) is 3. The average Bonchev–Trinajstić information content (AvgIpc) is 3.49. The maximum absolute atomic E-state index is 12.9. The van der Waals surface area contributed by atoms with Crippen molar-refractivity contribution >= 4 is 17.9 Å². The highest BCUT2D eigenvalue weighted by Gasteiger charge is 2.19. The summed E-state index contributed by atoms with van der Waals surface area (Å²) >= 11 is 0. The van der Waals surface area contributed by atoms with Crippen molar-refractivity contribution in [3.05, 3.63) is 170 Å². The molecule has 83 heavy (non-hydrogen) atoms. The first kappa shape index (κ1) is 77.8. The van der Waals surface area contributed by atoms with Gasteiger partial charge in [-0.05, 0) is 148 Å². The molecule has 0 rings (SSSR count). The molecule has 0 aliphatic heterocycles. The van der Waals surface area contributed by atoms with E-state index >= 15 is 0 Å². The molecule has 0 aromatic rings. The summed E-state index contributed by atoms with van der Waals surface area (Å²) in [6.07, 6.45) is 102. The second-order valence-electron chi connectivity index (χ2n) is 21.6. The van der Waals surface area contributed by atoms with Crippen molar-refractivity contribution in [2.75, 3.05) is 13.2 Å². The fraction of sp³-hybridized carbons (Fsp3) is 0.597. The maximum atomic E-state index is 12.9. The number of rotatable bonds is 59. The van der Waals surface area contributed by atoms with E-state index in [1.165, 1.54) is 70.6 Å². The first-order valence-corrected chi connectivity index (χ1v) is 33.6. The summed E-state index contributed by atoms with van der Waals surface area (Å²) in [5.41, 5.74) is 0. The van der Waals surface area contributed by atoms with E-state index in [1.807, 2.05) is 0 Å². The van der Waals surface area contributed by atoms with Crippen LogP contribution in [0.4, 0.5) is 0 Å². The zero-order valence-electron chi connectivity index (χ0n) is 53.4. The van der Waals surface area contributed by atoms with Crippen molar-refractivity contribution in [3.8, 4) is 0 Å². The first-order chi connectivity index (χ1) is 41.0. The van der Waals surface area contributed by atoms with Gasteiger partial charge < -0.3 is 14.2 Å². The molecule has 0 spiro atoms. The van der Waals surface area contributed by atoms with E-state index < -0.39 is 6.10 Å². The van der Waals surface area contributed by atoms with Gasteiger partial charge in [0.15, 0.2) is 6.10 Å². The van der Waals surface area contributed by atoms with Crippen LogP contribution in [0, 0.1) is 0 Å². The highest BCUT2D eigenvalue weighted by Crippen LogP contribution is 2.15. The van der Waals surface area contributed by atoms with Crippen molar-refractivity contribution in [1.29, 1.82) is 0 Å². The summed E-state index contributed by atoms with van der Waals surface area (Å²) in [7, 11) is 0. The Morgan fingerprint density at radius 2 is 0.434 bits per heavy atom. The van der Waals surface area contributed by atoms with Gasteiger partial charge in [0, 0.05) is 19.3 Å². The second kappa shape index (κ2) is 69.3. The third-order valence-corrected chi connectivity index (χ3v) is 13.7. The maximum Gasteiger partial charge on any atom is 0.306 e. The summed E-state index contributed by atoms with van der Waals surface area (Å²) in [6, 6.07) is 0. The van der Waals surface area contributed by atoms with Gasteiger partial charge in [-0.25, -0.2) is 0 Å². The van der Waals surface area contributed by atoms with E-state index in [9.17, 15) is 14.4 Å². The zero-order valence-corrected chi connectivity index (χ0v) is 53.4. The van der Waals surface area contributed by atoms with Gasteiger partial charge in [-0.2, -0.15) is 0 Å². The Labute approximate surface area is 511 Å². The molecular weight excluding hydrogens is 1020 g/mol. The lowest BCUT2D eigenvalue weighted by Gasteiger charge is -2.18. The summed E-state index contributed by atoms with van der Waals surface area (Å²) in [5.74, 6) is -0.951. The minimum absolute atomic E-state index is 0.101. The minimum Gasteiger partial charge on any atom is -0.462 e. The van der Waals surface area contributed by atoms with E-state index in [2.05, 4.69) is 191 Å². The normalized spacial score (nSPS) is 13.2. The van der Waals surface area contributed by atoms with E-state index in [-0.39, 0.29) is 31.1 Å². The Kier molecular flexibility index (Phi) is 64.9. The number of esters is 3. The molecule has 0 amide bonds. The predicted octanol–water partition coefficient (Wildman–Crippen LogP) is 23.4. The lowest BCUT2D eigenvalue weighted by atomic mass is 10.0. The first-order valence-electron chi connectivity index (χ1n) is 33.6. The third-order valence-electron chi connectivity index (χ3n) is 13.7. The molecule has 0 aromatic heterocycles. The lowest BCUT2D eigenvalue weighted by molar-refractivity contribution is -0.167. The van der Waals surface area contributed by atoms with Gasteiger partial charge in [0.2, 0.25) is 0 Å². The highest BCUT2D eigenvalue weighted by molar-refractivity contribution is 5.71. The number of unbranched alkanes of at least 4 members (excludes halogenated alkanes) is 20. The van der Waals surface area contributed by atoms with Crippen LogP contribution in [0.5, 0.6) is 0 Å². The third kappa shape index (κ3) is 67.4. The van der Waals surface area contributed by atoms with E-state index in [0.717, 1.165) is 167 Å². The molecule has 0 heterocycles. The quantitative estimate of drug-likeness (QED) is 0.0261. The number of hydrogen-bond acceptors (Lipinski definition) is 6. The van der Waals surface area contributed by atoms with Gasteiger partial charge in [0.25, 0.3) is 0 Å². The molecule has 466 valence electrons. The van der Waals surface area contributed by atoms with Gasteiger partial charge in [0.1, 0.15) is 13.2 Å². The van der Waals surface area contributed by atoms with Crippen molar-refractivity contribution in [3.63, 3.8) is 0 Å². The van der Waals surface area contributed by atoms with Gasteiger partial charge in [-0.3, -0.25) is 14.4 Å². The van der Waals surface area contributed by atoms with Crippen LogP contribution in [-0.2, 0) is 28.6 Å². The van der Waals surface area contributed by atoms with Gasteiger partial charge in [0.05, 0.1) is 0 Å². The second-order valence-corrected chi connectivity index (χ2v) is 21.6. The predicted molar refractivity (Wildman–Crippen MR) is 361 cm³/mol. The zero-order chi connectivity index (χ0) is 59.9. The van der Waals surface area contributed by atoms with Crippen LogP contribution < -0.4 is 0 Å². The van der Waals surface area contributed by atoms with Crippen LogP contribution >= 0.6 is 0 Å². The molecule has 0 saturated heterocycles. The Bertz CT molecular complexity index is 1890. The molecule has 1 atom stereocenters. The molecule has 0 fully saturated rings. The highest BCUT2D eigenvalue weighted by atomic mass is 16.6. The molecule has 6 nitrogen and oxygen atoms in total. The van der Waals surface area contributed by atoms with E-state index in [0.29, 0.717) is 19.3 Å². The Hall–Kier alpha value is -5.23. The van der Waals surface area contributed by atoms with Crippen molar-refractivity contribution < 1.29 is 28.6 Å². The number of hydrogen-bond donors (Lipinski definition) is 0. The smallest absolute Gasteiger partial charge is 0.306 e. The lowest BCUT2D eigenvalue weighted by Crippen LogP contribution is -2.30. The molecule has 0 bridgehead atoms. The molecule has 6 heteroatoms. The van der Waals surface area contributed by atoms with E-state index in [1.54, 1.807) is 0 Å². The molecule has 0 aliphatic rings. The Morgan fingerprint density at radius 3 is 0.687 bits per heavy atom. The standard InChI is InChI=1S/C77H122O6/c1-4-7-10-13-16-19-22-25-27-29-31-32-33-34-35-36-37-38-39-40-41-42-43-44-46-47-49-52-55-58-61-64-67-70-76(79)82-73-74(72-81-75(78)69-66-63-60-57-54-51-24-21-18-15-12-9-6-3)83-77(80)71-68-65-62-59-56-53-50-48-45-30-28-26-23-20-17-14-11-8-5-2/h7-12,16-21,25-28,31-32,34-35,37-38,40-41,45,48,51,54,74H,4-6,13-15,22-24,29-30,33,36,39,42-44,46-47,49-50,52-53,55-73H2,1-3H3/b10-7-,11-8-,12-9-,19-16-,20-17-,21-18-,27-25-,28-26-,32-31-,35-34-,38-37-,41-40-,48-45-,54-51-. The van der Waals surface area contributed by atoms with Crippen molar-refractivity contribution in [1.82, 2.24) is 0 Å². The summed E-state index contributed by atoms with van der Waals surface area (Å²) in [4.78, 5) is 38.3. The summed E-state index contributed by atoms with van der Waals surface area (Å²) < 4.78 is 16.9. The fourth-order valence-electron chi connectivity index (χ4n) is 8.78. The van der Waals surface area contributed by atoms with Crippen LogP contribution in [0.25, 0.3) is 0 Å². The van der Waals surface area contributed by atoms with Crippen LogP contribution in [-0.4, -0.2) is 37.2 Å². The molecule has 1 unspecified atom stereocenters. The van der Waals surface area contributed by atoms with Crippen LogP contribution in [0.1, 0.15) is 278 Å². The van der Waals surface area contributed by atoms with Crippen molar-refractivity contribution in [2.24, 2.45) is 0 Å². The van der Waals surface area contributed by atoms with Crippen LogP contribution in [0.15, 0.2) is 170 Å². The van der Waals surface area contributed by atoms with Crippen LogP contribution in [0.3, 0.4) is 0 Å². The van der Waals surface area contributed by atoms with Gasteiger partial charge in [-0.1, -0.05) is 281 Å². The molecule has 0 saturated carbocycles. The molecule has 0 N–H and O–H groups in total. The monoisotopic (exact) mass is 1140 g/mol. The largest absolute Gasteiger partial charge is 0.462 e. The molecule has 0 aromatic carbocycles.